The molecular weight excluding hydrogens is 499 g/mol. The van der Waals surface area contributed by atoms with Crippen LogP contribution >= 0.6 is 22.6 Å². The Morgan fingerprint density at radius 1 is 1.20 bits per heavy atom. The molecule has 0 fully saturated rings. The van der Waals surface area contributed by atoms with Gasteiger partial charge in [0.2, 0.25) is 0 Å². The molecule has 0 radical (unpaired) electrons. The molecule has 0 saturated heterocycles. The predicted molar refractivity (Wildman–Crippen MR) is 123 cm³/mol. The third kappa shape index (κ3) is 5.89. The van der Waals surface area contributed by atoms with Crippen molar-refractivity contribution in [3.8, 4) is 11.5 Å². The number of benzene rings is 2. The topological polar surface area (TPSA) is 98.9 Å². The summed E-state index contributed by atoms with van der Waals surface area (Å²) in [6.45, 7) is 2.86. The van der Waals surface area contributed by atoms with Crippen LogP contribution in [0, 0.1) is 13.7 Å². The number of hydrogen-bond donors (Lipinski definition) is 1. The molecule has 0 atom stereocenters. The lowest BCUT2D eigenvalue weighted by Crippen LogP contribution is -2.03. The molecule has 0 aliphatic heterocycles. The van der Waals surface area contributed by atoms with Gasteiger partial charge >= 0.3 is 0 Å². The summed E-state index contributed by atoms with van der Waals surface area (Å²) in [5.74, 6) is 1.72. The number of pyridine rings is 1. The van der Waals surface area contributed by atoms with Crippen molar-refractivity contribution in [1.29, 1.82) is 0 Å². The van der Waals surface area contributed by atoms with Gasteiger partial charge in [-0.3, -0.25) is 15.5 Å². The first-order valence-electron chi connectivity index (χ1n) is 9.09. The second kappa shape index (κ2) is 10.5. The highest BCUT2D eigenvalue weighted by Gasteiger charge is 2.12. The third-order valence-corrected chi connectivity index (χ3v) is 4.71. The highest BCUT2D eigenvalue weighted by atomic mass is 127. The molecule has 0 saturated carbocycles. The van der Waals surface area contributed by atoms with Crippen molar-refractivity contribution in [2.75, 3.05) is 12.0 Å². The van der Waals surface area contributed by atoms with Crippen molar-refractivity contribution in [1.82, 2.24) is 4.98 Å². The Morgan fingerprint density at radius 3 is 2.67 bits per heavy atom. The van der Waals surface area contributed by atoms with E-state index >= 15 is 0 Å². The fourth-order valence-corrected chi connectivity index (χ4v) is 3.31. The molecule has 1 aromatic heterocycles. The van der Waals surface area contributed by atoms with Crippen molar-refractivity contribution < 1.29 is 14.4 Å². The molecule has 1 heterocycles. The van der Waals surface area contributed by atoms with E-state index < -0.39 is 4.92 Å². The maximum Gasteiger partial charge on any atom is 0.287 e. The molecule has 3 rings (SSSR count). The Balaban J connectivity index is 1.71. The quantitative estimate of drug-likeness (QED) is 0.185. The van der Waals surface area contributed by atoms with Crippen LogP contribution in [0.3, 0.4) is 0 Å². The lowest BCUT2D eigenvalue weighted by atomic mass is 10.2. The highest BCUT2D eigenvalue weighted by Crippen LogP contribution is 2.34. The number of hydrogen-bond acceptors (Lipinski definition) is 7. The van der Waals surface area contributed by atoms with Gasteiger partial charge in [-0.15, -0.1) is 0 Å². The predicted octanol–water partition coefficient (Wildman–Crippen LogP) is 5.02. The van der Waals surface area contributed by atoms with Crippen LogP contribution in [0.25, 0.3) is 0 Å². The zero-order valence-electron chi connectivity index (χ0n) is 16.1. The molecule has 0 aliphatic carbocycles. The average Bonchev–Trinajstić information content (AvgIpc) is 2.74. The Kier molecular flexibility index (Phi) is 7.55. The van der Waals surface area contributed by atoms with E-state index in [2.05, 4.69) is 38.1 Å². The van der Waals surface area contributed by atoms with Crippen molar-refractivity contribution in [3.05, 3.63) is 85.6 Å². The van der Waals surface area contributed by atoms with Gasteiger partial charge in [0.25, 0.3) is 5.69 Å². The van der Waals surface area contributed by atoms with E-state index in [0.29, 0.717) is 30.5 Å². The molecule has 30 heavy (non-hydrogen) atoms. The summed E-state index contributed by atoms with van der Waals surface area (Å²) in [6.07, 6.45) is 2.79. The summed E-state index contributed by atoms with van der Waals surface area (Å²) in [4.78, 5) is 14.1. The monoisotopic (exact) mass is 518 g/mol. The molecule has 154 valence electrons. The summed E-state index contributed by atoms with van der Waals surface area (Å²) < 4.78 is 12.7. The van der Waals surface area contributed by atoms with Crippen molar-refractivity contribution >= 4 is 40.3 Å². The van der Waals surface area contributed by atoms with Crippen LogP contribution in [0.1, 0.15) is 18.1 Å². The zero-order valence-corrected chi connectivity index (χ0v) is 18.3. The molecule has 8 nitrogen and oxygen atoms in total. The molecule has 0 spiro atoms. The highest BCUT2D eigenvalue weighted by molar-refractivity contribution is 14.1. The van der Waals surface area contributed by atoms with Crippen molar-refractivity contribution in [3.63, 3.8) is 0 Å². The van der Waals surface area contributed by atoms with Crippen LogP contribution in [0.5, 0.6) is 11.5 Å². The number of hydrazone groups is 1. The molecule has 0 bridgehead atoms. The number of nitro groups is 1. The zero-order chi connectivity index (χ0) is 21.3. The first-order chi connectivity index (χ1) is 14.6. The molecule has 1 N–H and O–H groups in total. The Labute approximate surface area is 187 Å². The van der Waals surface area contributed by atoms with E-state index in [-0.39, 0.29) is 5.69 Å². The Hall–Kier alpha value is -3.21. The standard InChI is InChI=1S/C21H19IN4O4/c1-2-29-19-11-16(12-24-25-20-9-8-17(13-23-20)26(27)28)10-18(22)21(19)30-14-15-6-4-3-5-7-15/h3-13H,2,14H2,1H3,(H,23,25)/b24-12-. The maximum absolute atomic E-state index is 10.7. The smallest absolute Gasteiger partial charge is 0.287 e. The summed E-state index contributed by atoms with van der Waals surface area (Å²) in [5, 5.41) is 14.8. The summed E-state index contributed by atoms with van der Waals surface area (Å²) in [5.41, 5.74) is 4.56. The second-order valence-electron chi connectivity index (χ2n) is 6.07. The van der Waals surface area contributed by atoms with Gasteiger partial charge in [-0.1, -0.05) is 30.3 Å². The molecule has 3 aromatic rings. The lowest BCUT2D eigenvalue weighted by Gasteiger charge is -2.14. The number of aromatic nitrogens is 1. The van der Waals surface area contributed by atoms with Gasteiger partial charge in [-0.25, -0.2) is 4.98 Å². The van der Waals surface area contributed by atoms with Crippen LogP contribution in [-0.4, -0.2) is 22.7 Å². The number of anilines is 1. The van der Waals surface area contributed by atoms with Gasteiger partial charge in [0.1, 0.15) is 18.6 Å². The van der Waals surface area contributed by atoms with Gasteiger partial charge in [-0.2, -0.15) is 5.10 Å². The van der Waals surface area contributed by atoms with Gasteiger partial charge in [-0.05, 0) is 58.8 Å². The molecule has 0 amide bonds. The summed E-state index contributed by atoms with van der Waals surface area (Å²) in [7, 11) is 0. The van der Waals surface area contributed by atoms with Crippen LogP contribution in [-0.2, 0) is 6.61 Å². The van der Waals surface area contributed by atoms with E-state index in [1.807, 2.05) is 49.4 Å². The minimum absolute atomic E-state index is 0.0773. The van der Waals surface area contributed by atoms with Gasteiger partial charge in [0.15, 0.2) is 11.5 Å². The van der Waals surface area contributed by atoms with E-state index in [9.17, 15) is 10.1 Å². The van der Waals surface area contributed by atoms with E-state index in [1.54, 1.807) is 6.21 Å². The summed E-state index contributed by atoms with van der Waals surface area (Å²) >= 11 is 2.20. The van der Waals surface area contributed by atoms with Crippen LogP contribution in [0.15, 0.2) is 65.9 Å². The van der Waals surface area contributed by atoms with E-state index in [1.165, 1.54) is 18.3 Å². The maximum atomic E-state index is 10.7. The molecule has 2 aromatic carbocycles. The number of nitrogens with one attached hydrogen (secondary N) is 1. The van der Waals surface area contributed by atoms with Crippen LogP contribution in [0.2, 0.25) is 0 Å². The van der Waals surface area contributed by atoms with Gasteiger partial charge in [0.05, 0.1) is 21.3 Å². The van der Waals surface area contributed by atoms with E-state index in [4.69, 9.17) is 9.47 Å². The normalized spacial score (nSPS) is 10.7. The Bertz CT molecular complexity index is 1030. The minimum atomic E-state index is -0.501. The number of nitrogens with zero attached hydrogens (tertiary/aromatic N) is 3. The number of halogens is 1. The van der Waals surface area contributed by atoms with Crippen molar-refractivity contribution in [2.45, 2.75) is 13.5 Å². The van der Waals surface area contributed by atoms with Gasteiger partial charge in [0, 0.05) is 6.07 Å². The second-order valence-corrected chi connectivity index (χ2v) is 7.23. The van der Waals surface area contributed by atoms with Crippen LogP contribution in [0.4, 0.5) is 11.5 Å². The molecular formula is C21H19IN4O4. The lowest BCUT2D eigenvalue weighted by molar-refractivity contribution is -0.385. The number of ether oxygens (including phenoxy) is 2. The average molecular weight is 518 g/mol. The van der Waals surface area contributed by atoms with Crippen LogP contribution < -0.4 is 14.9 Å². The minimum Gasteiger partial charge on any atom is -0.490 e. The van der Waals surface area contributed by atoms with E-state index in [0.717, 1.165) is 14.7 Å². The first kappa shape index (κ1) is 21.5. The SMILES string of the molecule is CCOc1cc(/C=N\Nc2ccc([N+](=O)[O-])cn2)cc(I)c1OCc1ccccc1. The Morgan fingerprint density at radius 2 is 2.00 bits per heavy atom. The fourth-order valence-electron chi connectivity index (χ4n) is 2.53. The summed E-state index contributed by atoms with van der Waals surface area (Å²) in [6, 6.07) is 16.5. The van der Waals surface area contributed by atoms with Crippen molar-refractivity contribution in [2.24, 2.45) is 5.10 Å². The third-order valence-electron chi connectivity index (χ3n) is 3.91. The fraction of sp³-hybridized carbons (Fsp3) is 0.143. The molecule has 0 aliphatic rings. The largest absolute Gasteiger partial charge is 0.490 e. The van der Waals surface area contributed by atoms with Gasteiger partial charge < -0.3 is 9.47 Å². The molecule has 0 unspecified atom stereocenters. The number of rotatable bonds is 9. The molecule has 9 heteroatoms. The first-order valence-corrected chi connectivity index (χ1v) is 10.2.